The van der Waals surface area contributed by atoms with Gasteiger partial charge in [0.05, 0.1) is 21.5 Å². The molecule has 8 rings (SSSR count). The van der Waals surface area contributed by atoms with E-state index in [1.54, 1.807) is 24.3 Å². The first-order valence-electron chi connectivity index (χ1n) is 17.8. The molecule has 0 atom stereocenters. The number of hydrogen-bond acceptors (Lipinski definition) is 4. The second kappa shape index (κ2) is 19.7. The van der Waals surface area contributed by atoms with Crippen molar-refractivity contribution in [3.8, 4) is 0 Å². The van der Waals surface area contributed by atoms with E-state index in [0.717, 1.165) is 28.4 Å². The monoisotopic (exact) mass is 824 g/mol. The Balaban J connectivity index is 0.000000168. The van der Waals surface area contributed by atoms with Crippen LogP contribution in [0.2, 0.25) is 0 Å². The summed E-state index contributed by atoms with van der Waals surface area (Å²) in [5, 5.41) is 2.97. The van der Waals surface area contributed by atoms with Gasteiger partial charge in [0, 0.05) is 46.3 Å². The Hall–Kier alpha value is -6.84. The van der Waals surface area contributed by atoms with Gasteiger partial charge in [-0.3, -0.25) is 0 Å². The van der Waals surface area contributed by atoms with Crippen molar-refractivity contribution in [2.45, 2.75) is 0 Å². The van der Waals surface area contributed by atoms with E-state index in [4.69, 9.17) is 5.73 Å². The number of hydrogen-bond donors (Lipinski definition) is 2. The Morgan fingerprint density at radius 3 is 1.07 bits per heavy atom. The van der Waals surface area contributed by atoms with Gasteiger partial charge >= 0.3 is 0 Å². The number of halogens is 5. The van der Waals surface area contributed by atoms with Crippen molar-refractivity contribution in [1.29, 1.82) is 0 Å². The quantitative estimate of drug-likeness (QED) is 0.0910. The van der Waals surface area contributed by atoms with Gasteiger partial charge in [-0.15, -0.1) is 0 Å². The number of nitrogens with two attached hydrogens (primary N) is 1. The summed E-state index contributed by atoms with van der Waals surface area (Å²) in [6.07, 6.45) is 0. The van der Waals surface area contributed by atoms with Crippen LogP contribution in [0.3, 0.4) is 0 Å². The molecule has 0 fully saturated rings. The lowest BCUT2D eigenvalue weighted by atomic mass is 10.1. The maximum atomic E-state index is 14.5. The van der Waals surface area contributed by atoms with Crippen LogP contribution in [-0.2, 0) is 0 Å². The van der Waals surface area contributed by atoms with Crippen LogP contribution >= 0.6 is 15.9 Å². The van der Waals surface area contributed by atoms with E-state index in [0.29, 0.717) is 17.1 Å². The highest BCUT2D eigenvalue weighted by Gasteiger charge is 2.19. The number of nitrogen functional groups attached to an aromatic ring is 1. The van der Waals surface area contributed by atoms with Crippen molar-refractivity contribution < 1.29 is 17.6 Å². The minimum Gasteiger partial charge on any atom is -0.399 e. The fourth-order valence-electron chi connectivity index (χ4n) is 5.80. The lowest BCUT2D eigenvalue weighted by Crippen LogP contribution is -2.11. The summed E-state index contributed by atoms with van der Waals surface area (Å²) in [5.41, 5.74) is 11.5. The van der Waals surface area contributed by atoms with Crippen molar-refractivity contribution in [2.24, 2.45) is 0 Å². The third kappa shape index (κ3) is 10.7. The maximum Gasteiger partial charge on any atom is 0.182 e. The molecule has 0 saturated heterocycles. The average molecular weight is 826 g/mol. The van der Waals surface area contributed by atoms with Crippen LogP contribution in [0.15, 0.2) is 211 Å². The van der Waals surface area contributed by atoms with E-state index >= 15 is 0 Å². The summed E-state index contributed by atoms with van der Waals surface area (Å²) in [6.45, 7) is 0. The van der Waals surface area contributed by atoms with Crippen molar-refractivity contribution >= 4 is 67.1 Å². The lowest BCUT2D eigenvalue weighted by Gasteiger charge is -2.26. The van der Waals surface area contributed by atoms with Gasteiger partial charge in [-0.2, -0.15) is 0 Å². The predicted molar refractivity (Wildman–Crippen MR) is 230 cm³/mol. The van der Waals surface area contributed by atoms with E-state index in [1.807, 2.05) is 180 Å². The molecule has 0 aliphatic heterocycles. The Morgan fingerprint density at radius 2 is 0.719 bits per heavy atom. The minimum atomic E-state index is -0.909. The molecule has 9 heteroatoms. The summed E-state index contributed by atoms with van der Waals surface area (Å²) in [7, 11) is 0. The molecule has 57 heavy (non-hydrogen) atoms. The van der Waals surface area contributed by atoms with Gasteiger partial charge in [0.15, 0.2) is 23.3 Å². The van der Waals surface area contributed by atoms with Crippen LogP contribution < -0.4 is 20.9 Å². The summed E-state index contributed by atoms with van der Waals surface area (Å²) in [4.78, 5) is 3.76. The van der Waals surface area contributed by atoms with Crippen LogP contribution in [0.1, 0.15) is 0 Å². The molecule has 0 amide bonds. The zero-order valence-corrected chi connectivity index (χ0v) is 32.1. The van der Waals surface area contributed by atoms with E-state index < -0.39 is 23.3 Å². The third-order valence-corrected chi connectivity index (χ3v) is 8.98. The lowest BCUT2D eigenvalue weighted by molar-refractivity contribution is 0.504. The summed E-state index contributed by atoms with van der Waals surface area (Å²) >= 11 is 3.07. The molecule has 8 aromatic rings. The van der Waals surface area contributed by atoms with Crippen LogP contribution in [0.4, 0.5) is 68.7 Å². The fourth-order valence-corrected chi connectivity index (χ4v) is 6.22. The van der Waals surface area contributed by atoms with E-state index in [9.17, 15) is 17.6 Å². The Labute approximate surface area is 338 Å². The van der Waals surface area contributed by atoms with Gasteiger partial charge < -0.3 is 20.9 Å². The van der Waals surface area contributed by atoms with Gasteiger partial charge in [-0.05, 0) is 101 Å². The van der Waals surface area contributed by atoms with Gasteiger partial charge in [0.1, 0.15) is 0 Å². The first kappa shape index (κ1) is 39.8. The van der Waals surface area contributed by atoms with Crippen LogP contribution in [0, 0.1) is 23.3 Å². The zero-order chi connectivity index (χ0) is 40.0. The molecule has 8 aromatic carbocycles. The number of rotatable bonds is 8. The smallest absolute Gasteiger partial charge is 0.182 e. The molecular formula is C48H37BrF4N4. The molecule has 0 aliphatic rings. The summed E-state index contributed by atoms with van der Waals surface area (Å²) in [5.74, 6) is -3.59. The normalized spacial score (nSPS) is 10.3. The molecule has 0 saturated carbocycles. The highest BCUT2D eigenvalue weighted by atomic mass is 79.9. The molecule has 0 unspecified atom stereocenters. The summed E-state index contributed by atoms with van der Waals surface area (Å²) in [6, 6.07) is 62.5. The first-order valence-corrected chi connectivity index (χ1v) is 18.6. The van der Waals surface area contributed by atoms with Crippen LogP contribution in [0.5, 0.6) is 0 Å². The Kier molecular flexibility index (Phi) is 13.7. The van der Waals surface area contributed by atoms with Crippen molar-refractivity contribution in [2.75, 3.05) is 20.9 Å². The predicted octanol–water partition coefficient (Wildman–Crippen LogP) is 14.6. The SMILES string of the molecule is Fc1cc(N(c2ccccc2)c2ccccc2)cc(Br)c1F.Fc1cc(N(c2ccccc2)c2ccccc2)cc(Nc2ccccc2)c1F.Nc1ccccc1. The topological polar surface area (TPSA) is 44.5 Å². The molecule has 0 bridgehead atoms. The second-order valence-corrected chi connectivity index (χ2v) is 13.3. The van der Waals surface area contributed by atoms with Gasteiger partial charge in [0.25, 0.3) is 0 Å². The minimum absolute atomic E-state index is 0.0815. The molecule has 0 heterocycles. The van der Waals surface area contributed by atoms with Crippen molar-refractivity contribution in [1.82, 2.24) is 0 Å². The number of benzene rings is 8. The molecule has 0 aliphatic carbocycles. The second-order valence-electron chi connectivity index (χ2n) is 12.4. The zero-order valence-electron chi connectivity index (χ0n) is 30.5. The molecule has 0 aromatic heterocycles. The summed E-state index contributed by atoms with van der Waals surface area (Å²) < 4.78 is 56.4. The molecule has 0 spiro atoms. The molecule has 284 valence electrons. The van der Waals surface area contributed by atoms with E-state index in [-0.39, 0.29) is 10.2 Å². The highest BCUT2D eigenvalue weighted by Crippen LogP contribution is 2.39. The number of nitrogens with zero attached hydrogens (tertiary/aromatic N) is 2. The first-order chi connectivity index (χ1) is 27.8. The van der Waals surface area contributed by atoms with Crippen molar-refractivity contribution in [3.05, 3.63) is 234 Å². The highest BCUT2D eigenvalue weighted by molar-refractivity contribution is 9.10. The molecule has 0 radical (unpaired) electrons. The van der Waals surface area contributed by atoms with Gasteiger partial charge in [-0.25, -0.2) is 17.6 Å². The average Bonchev–Trinajstić information content (AvgIpc) is 3.25. The van der Waals surface area contributed by atoms with E-state index in [2.05, 4.69) is 21.2 Å². The molecule has 3 N–H and O–H groups in total. The Morgan fingerprint density at radius 1 is 0.386 bits per heavy atom. The van der Waals surface area contributed by atoms with Crippen molar-refractivity contribution in [3.63, 3.8) is 0 Å². The number of nitrogens with one attached hydrogen (secondary N) is 1. The number of anilines is 9. The maximum absolute atomic E-state index is 14.5. The Bertz CT molecular complexity index is 2340. The largest absolute Gasteiger partial charge is 0.399 e. The van der Waals surface area contributed by atoms with Crippen LogP contribution in [0.25, 0.3) is 0 Å². The fraction of sp³-hybridized carbons (Fsp3) is 0. The third-order valence-electron chi connectivity index (χ3n) is 8.41. The molecule has 4 nitrogen and oxygen atoms in total. The molecular weight excluding hydrogens is 788 g/mol. The van der Waals surface area contributed by atoms with E-state index in [1.165, 1.54) is 12.1 Å². The van der Waals surface area contributed by atoms with Gasteiger partial charge in [0.2, 0.25) is 0 Å². The number of para-hydroxylation sites is 6. The van der Waals surface area contributed by atoms with Crippen LogP contribution in [-0.4, -0.2) is 0 Å². The van der Waals surface area contributed by atoms with Gasteiger partial charge in [-0.1, -0.05) is 109 Å². The standard InChI is InChI=1S/C24H18F2N2.C18H12BrF2N.C6H7N/c25-22-16-21(17-23(24(22)26)27-18-10-4-1-5-11-18)28(19-12-6-2-7-13-19)20-14-8-3-9-15-20;19-16-11-15(12-17(20)18(16)21)22(13-7-3-1-4-8-13)14-9-5-2-6-10-14;7-6-4-2-1-3-5-6/h1-17,27H;1-12H;1-5H,7H2.